The molecule has 0 N–H and O–H groups in total. The molecule has 0 radical (unpaired) electrons. The van der Waals surface area contributed by atoms with Crippen molar-refractivity contribution in [3.8, 4) is 17.0 Å². The molecule has 1 saturated heterocycles. The summed E-state index contributed by atoms with van der Waals surface area (Å²) in [5.41, 5.74) is 2.92. The second-order valence-electron chi connectivity index (χ2n) is 8.43. The lowest BCUT2D eigenvalue weighted by Gasteiger charge is -2.23. The molecule has 0 spiro atoms. The molecule has 0 saturated carbocycles. The van der Waals surface area contributed by atoms with Gasteiger partial charge in [0, 0.05) is 23.8 Å². The Balaban J connectivity index is 1.59. The summed E-state index contributed by atoms with van der Waals surface area (Å²) in [6.07, 6.45) is 7.04. The van der Waals surface area contributed by atoms with Crippen LogP contribution in [0.3, 0.4) is 0 Å². The molecule has 4 heterocycles. The molecule has 2 aliphatic heterocycles. The van der Waals surface area contributed by atoms with E-state index in [1.165, 1.54) is 0 Å². The Morgan fingerprint density at radius 2 is 1.90 bits per heavy atom. The third-order valence-electron chi connectivity index (χ3n) is 5.85. The molecule has 3 atom stereocenters. The lowest BCUT2D eigenvalue weighted by atomic mass is 10.1. The number of fused-ring (bicyclic) bond motifs is 4. The minimum absolute atomic E-state index is 0.0411. The zero-order valence-electron chi connectivity index (χ0n) is 18.2. The Hall–Kier alpha value is -2.42. The molecule has 2 aliphatic rings. The minimum atomic E-state index is -0.0628. The Morgan fingerprint density at radius 1 is 1.03 bits per heavy atom. The van der Waals surface area contributed by atoms with Crippen molar-refractivity contribution in [3.63, 3.8) is 0 Å². The van der Waals surface area contributed by atoms with Crippen molar-refractivity contribution >= 4 is 10.9 Å². The smallest absolute Gasteiger partial charge is 0.150 e. The van der Waals surface area contributed by atoms with Crippen molar-refractivity contribution < 1.29 is 18.9 Å². The number of rotatable bonds is 1. The fourth-order valence-corrected chi connectivity index (χ4v) is 4.21. The summed E-state index contributed by atoms with van der Waals surface area (Å²) in [5.74, 6) is 0.804. The molecule has 166 valence electrons. The van der Waals surface area contributed by atoms with Crippen LogP contribution in [-0.2, 0) is 14.2 Å². The van der Waals surface area contributed by atoms with Gasteiger partial charge in [0.2, 0.25) is 0 Å². The van der Waals surface area contributed by atoms with Gasteiger partial charge in [0.15, 0.2) is 6.23 Å². The van der Waals surface area contributed by atoms with Crippen molar-refractivity contribution in [2.75, 3.05) is 33.0 Å². The van der Waals surface area contributed by atoms with Gasteiger partial charge in [0.25, 0.3) is 0 Å². The van der Waals surface area contributed by atoms with Crippen molar-refractivity contribution in [1.82, 2.24) is 19.6 Å². The van der Waals surface area contributed by atoms with E-state index in [9.17, 15) is 0 Å². The van der Waals surface area contributed by atoms with E-state index in [0.717, 1.165) is 53.8 Å². The zero-order chi connectivity index (χ0) is 21.2. The van der Waals surface area contributed by atoms with E-state index in [1.807, 2.05) is 34.7 Å². The summed E-state index contributed by atoms with van der Waals surface area (Å²) in [4.78, 5) is 0. The number of hydrogen-bond donors (Lipinski definition) is 0. The molecule has 3 aromatic rings. The normalized spacial score (nSPS) is 25.5. The SMILES string of the molecule is C[C@H]1COCCOC[C@H](C)n2cc(cn2)-c2nn(C3CCCCO3)c3ccc(cc23)O1. The van der Waals surface area contributed by atoms with Crippen LogP contribution in [-0.4, -0.2) is 58.7 Å². The summed E-state index contributed by atoms with van der Waals surface area (Å²) in [5, 5.41) is 10.6. The maximum Gasteiger partial charge on any atom is 0.150 e. The molecule has 8 heteroatoms. The highest BCUT2D eigenvalue weighted by atomic mass is 16.5. The summed E-state index contributed by atoms with van der Waals surface area (Å²) in [7, 11) is 0. The quantitative estimate of drug-likeness (QED) is 0.586. The van der Waals surface area contributed by atoms with Gasteiger partial charge in [0.1, 0.15) is 17.5 Å². The van der Waals surface area contributed by atoms with Gasteiger partial charge in [-0.2, -0.15) is 10.2 Å². The fraction of sp³-hybridized carbons (Fsp3) is 0.565. The lowest BCUT2D eigenvalue weighted by Crippen LogP contribution is -2.21. The molecule has 0 amide bonds. The van der Waals surface area contributed by atoms with E-state index in [2.05, 4.69) is 24.2 Å². The number of hydrogen-bond acceptors (Lipinski definition) is 6. The van der Waals surface area contributed by atoms with Crippen LogP contribution < -0.4 is 4.74 Å². The molecule has 1 fully saturated rings. The van der Waals surface area contributed by atoms with E-state index in [4.69, 9.17) is 24.0 Å². The average Bonchev–Trinajstić information content (AvgIpc) is 3.41. The summed E-state index contributed by atoms with van der Waals surface area (Å²) >= 11 is 0. The van der Waals surface area contributed by atoms with Crippen molar-refractivity contribution in [3.05, 3.63) is 30.6 Å². The molecule has 8 nitrogen and oxygen atoms in total. The second kappa shape index (κ2) is 8.98. The molecule has 2 aromatic heterocycles. The third kappa shape index (κ3) is 4.33. The Labute approximate surface area is 182 Å². The highest BCUT2D eigenvalue weighted by Gasteiger charge is 2.23. The van der Waals surface area contributed by atoms with Crippen LogP contribution in [0, 0.1) is 0 Å². The van der Waals surface area contributed by atoms with Gasteiger partial charge in [-0.3, -0.25) is 4.68 Å². The van der Waals surface area contributed by atoms with Crippen LogP contribution in [0.4, 0.5) is 0 Å². The van der Waals surface area contributed by atoms with Gasteiger partial charge in [-0.25, -0.2) is 4.68 Å². The van der Waals surface area contributed by atoms with E-state index in [1.54, 1.807) is 0 Å². The van der Waals surface area contributed by atoms with E-state index < -0.39 is 0 Å². The highest BCUT2D eigenvalue weighted by molar-refractivity contribution is 5.94. The van der Waals surface area contributed by atoms with Crippen molar-refractivity contribution in [2.24, 2.45) is 0 Å². The minimum Gasteiger partial charge on any atom is -0.488 e. The van der Waals surface area contributed by atoms with Crippen molar-refractivity contribution in [1.29, 1.82) is 0 Å². The first-order chi connectivity index (χ1) is 15.2. The molecule has 1 aromatic carbocycles. The molecule has 4 bridgehead atoms. The topological polar surface area (TPSA) is 72.6 Å². The predicted molar refractivity (Wildman–Crippen MR) is 116 cm³/mol. The van der Waals surface area contributed by atoms with E-state index >= 15 is 0 Å². The standard InChI is InChI=1S/C23H30N4O4/c1-16-14-28-9-10-29-15-17(2)31-19-6-7-21-20(11-19)23(18-12-24-26(16)13-18)25-27(21)22-5-3-4-8-30-22/h6-7,11-13,16-17,22H,3-5,8-10,14-15H2,1-2H3/t16-,17-,22?/m0/s1. The maximum absolute atomic E-state index is 6.13. The summed E-state index contributed by atoms with van der Waals surface area (Å²) in [6.45, 7) is 7.07. The van der Waals surface area contributed by atoms with Crippen LogP contribution in [0.2, 0.25) is 0 Å². The molecule has 31 heavy (non-hydrogen) atoms. The van der Waals surface area contributed by atoms with Crippen LogP contribution in [0.1, 0.15) is 45.4 Å². The van der Waals surface area contributed by atoms with Gasteiger partial charge in [0.05, 0.1) is 44.2 Å². The van der Waals surface area contributed by atoms with E-state index in [0.29, 0.717) is 26.4 Å². The Kier molecular flexibility index (Phi) is 5.93. The number of ether oxygens (including phenoxy) is 4. The fourth-order valence-electron chi connectivity index (χ4n) is 4.21. The average molecular weight is 427 g/mol. The van der Waals surface area contributed by atoms with Gasteiger partial charge in [-0.15, -0.1) is 0 Å². The van der Waals surface area contributed by atoms with Gasteiger partial charge >= 0.3 is 0 Å². The first-order valence-corrected chi connectivity index (χ1v) is 11.2. The monoisotopic (exact) mass is 426 g/mol. The molecule has 1 unspecified atom stereocenters. The summed E-state index contributed by atoms with van der Waals surface area (Å²) in [6, 6.07) is 6.27. The maximum atomic E-state index is 6.13. The Morgan fingerprint density at radius 3 is 2.74 bits per heavy atom. The van der Waals surface area contributed by atoms with Crippen LogP contribution >= 0.6 is 0 Å². The third-order valence-corrected chi connectivity index (χ3v) is 5.85. The number of aromatic nitrogens is 4. The molecular formula is C23H30N4O4. The van der Waals surface area contributed by atoms with E-state index in [-0.39, 0.29) is 18.4 Å². The van der Waals surface area contributed by atoms with Crippen LogP contribution in [0.5, 0.6) is 5.75 Å². The highest BCUT2D eigenvalue weighted by Crippen LogP contribution is 2.35. The number of benzene rings is 1. The van der Waals surface area contributed by atoms with Gasteiger partial charge in [-0.1, -0.05) is 0 Å². The summed E-state index contributed by atoms with van der Waals surface area (Å²) < 4.78 is 27.6. The van der Waals surface area contributed by atoms with Crippen molar-refractivity contribution in [2.45, 2.75) is 51.5 Å². The first kappa shape index (κ1) is 20.5. The first-order valence-electron chi connectivity index (χ1n) is 11.2. The largest absolute Gasteiger partial charge is 0.488 e. The molecular weight excluding hydrogens is 396 g/mol. The molecule has 0 aliphatic carbocycles. The molecule has 5 rings (SSSR count). The van der Waals surface area contributed by atoms with Crippen LogP contribution in [0.25, 0.3) is 22.2 Å². The predicted octanol–water partition coefficient (Wildman–Crippen LogP) is 3.97. The number of nitrogens with zero attached hydrogens (tertiary/aromatic N) is 4. The van der Waals surface area contributed by atoms with Gasteiger partial charge in [-0.05, 0) is 51.3 Å². The lowest BCUT2D eigenvalue weighted by molar-refractivity contribution is -0.0365. The van der Waals surface area contributed by atoms with Gasteiger partial charge < -0.3 is 18.9 Å². The second-order valence-corrected chi connectivity index (χ2v) is 8.43. The Bertz CT molecular complexity index is 1020. The zero-order valence-corrected chi connectivity index (χ0v) is 18.2. The van der Waals surface area contributed by atoms with Crippen LogP contribution in [0.15, 0.2) is 30.6 Å².